The van der Waals surface area contributed by atoms with E-state index in [1.54, 1.807) is 42.6 Å². The predicted octanol–water partition coefficient (Wildman–Crippen LogP) is 3.84. The lowest BCUT2D eigenvalue weighted by atomic mass is 10.2. The summed E-state index contributed by atoms with van der Waals surface area (Å²) in [6.07, 6.45) is 1.62. The summed E-state index contributed by atoms with van der Waals surface area (Å²) < 4.78 is 0. The highest BCUT2D eigenvalue weighted by Gasteiger charge is 2.02. The molecule has 0 aliphatic carbocycles. The maximum atomic E-state index is 10.9. The van der Waals surface area contributed by atoms with Gasteiger partial charge in [0.05, 0.1) is 15.7 Å². The number of halogens is 2. The maximum Gasteiger partial charge on any atom is 0.248 e. The SMILES string of the molecule is NC(=O)c1ccc(N=Cc2cccc(Cl)c2Cl)cc1. The first-order valence-electron chi connectivity index (χ1n) is 5.46. The zero-order valence-electron chi connectivity index (χ0n) is 9.81. The molecule has 0 fully saturated rings. The highest BCUT2D eigenvalue weighted by atomic mass is 35.5. The number of carbonyl (C=O) groups excluding carboxylic acids is 1. The second-order valence-electron chi connectivity index (χ2n) is 3.81. The van der Waals surface area contributed by atoms with Crippen LogP contribution in [0.4, 0.5) is 5.69 Å². The Labute approximate surface area is 120 Å². The van der Waals surface area contributed by atoms with Crippen LogP contribution in [-0.4, -0.2) is 12.1 Å². The van der Waals surface area contributed by atoms with E-state index in [1.807, 2.05) is 6.07 Å². The Hall–Kier alpha value is -1.84. The number of nitrogens with two attached hydrogens (primary N) is 1. The second-order valence-corrected chi connectivity index (χ2v) is 4.60. The minimum absolute atomic E-state index is 0.444. The lowest BCUT2D eigenvalue weighted by Gasteiger charge is -2.00. The van der Waals surface area contributed by atoms with Gasteiger partial charge in [0, 0.05) is 17.3 Å². The van der Waals surface area contributed by atoms with Gasteiger partial charge >= 0.3 is 0 Å². The second kappa shape index (κ2) is 5.87. The smallest absolute Gasteiger partial charge is 0.248 e. The van der Waals surface area contributed by atoms with Crippen LogP contribution < -0.4 is 5.73 Å². The lowest BCUT2D eigenvalue weighted by Crippen LogP contribution is -2.10. The summed E-state index contributed by atoms with van der Waals surface area (Å²) in [6.45, 7) is 0. The molecule has 0 saturated heterocycles. The lowest BCUT2D eigenvalue weighted by molar-refractivity contribution is 0.100. The van der Waals surface area contributed by atoms with E-state index in [-0.39, 0.29) is 0 Å². The van der Waals surface area contributed by atoms with Gasteiger partial charge in [-0.2, -0.15) is 0 Å². The molecule has 19 heavy (non-hydrogen) atoms. The van der Waals surface area contributed by atoms with Crippen molar-refractivity contribution in [3.63, 3.8) is 0 Å². The third kappa shape index (κ3) is 3.34. The van der Waals surface area contributed by atoms with Gasteiger partial charge in [0.1, 0.15) is 0 Å². The number of aliphatic imine (C=N–C) groups is 1. The number of hydrogen-bond donors (Lipinski definition) is 1. The molecule has 0 spiro atoms. The Kier molecular flexibility index (Phi) is 4.20. The highest BCUT2D eigenvalue weighted by molar-refractivity contribution is 6.43. The monoisotopic (exact) mass is 292 g/mol. The number of benzene rings is 2. The molecule has 0 atom stereocenters. The van der Waals surface area contributed by atoms with Crippen LogP contribution in [0.25, 0.3) is 0 Å². The fraction of sp³-hybridized carbons (Fsp3) is 0. The van der Waals surface area contributed by atoms with Gasteiger partial charge in [0.15, 0.2) is 0 Å². The van der Waals surface area contributed by atoms with Crippen LogP contribution in [0.1, 0.15) is 15.9 Å². The summed E-state index contributed by atoms with van der Waals surface area (Å²) in [7, 11) is 0. The van der Waals surface area contributed by atoms with Crippen LogP contribution in [0.5, 0.6) is 0 Å². The number of nitrogens with zero attached hydrogens (tertiary/aromatic N) is 1. The molecular formula is C14H10Cl2N2O. The van der Waals surface area contributed by atoms with E-state index in [0.717, 1.165) is 5.56 Å². The molecule has 0 heterocycles. The fourth-order valence-corrected chi connectivity index (χ4v) is 1.83. The summed E-state index contributed by atoms with van der Waals surface area (Å²) in [5, 5.41) is 0.941. The van der Waals surface area contributed by atoms with Gasteiger partial charge in [-0.3, -0.25) is 9.79 Å². The minimum Gasteiger partial charge on any atom is -0.366 e. The van der Waals surface area contributed by atoms with Crippen molar-refractivity contribution in [2.24, 2.45) is 10.7 Å². The molecule has 3 nitrogen and oxygen atoms in total. The molecule has 0 aliphatic heterocycles. The predicted molar refractivity (Wildman–Crippen MR) is 78.7 cm³/mol. The number of amides is 1. The van der Waals surface area contributed by atoms with Gasteiger partial charge in [-0.25, -0.2) is 0 Å². The molecule has 0 saturated carbocycles. The van der Waals surface area contributed by atoms with Crippen molar-refractivity contribution >= 4 is 41.0 Å². The van der Waals surface area contributed by atoms with E-state index >= 15 is 0 Å². The van der Waals surface area contributed by atoms with Crippen molar-refractivity contribution < 1.29 is 4.79 Å². The molecule has 2 aromatic rings. The minimum atomic E-state index is -0.464. The number of hydrogen-bond acceptors (Lipinski definition) is 2. The van der Waals surface area contributed by atoms with E-state index in [9.17, 15) is 4.79 Å². The molecule has 96 valence electrons. The van der Waals surface area contributed by atoms with Gasteiger partial charge < -0.3 is 5.73 Å². The summed E-state index contributed by atoms with van der Waals surface area (Å²) in [6, 6.07) is 12.0. The van der Waals surface area contributed by atoms with Gasteiger partial charge in [0.25, 0.3) is 0 Å². The van der Waals surface area contributed by atoms with E-state index in [4.69, 9.17) is 28.9 Å². The van der Waals surface area contributed by atoms with Gasteiger partial charge in [-0.05, 0) is 30.3 Å². The zero-order chi connectivity index (χ0) is 13.8. The molecule has 1 amide bonds. The first-order chi connectivity index (χ1) is 9.08. The number of primary amides is 1. The molecule has 0 aliphatic rings. The molecule has 2 aromatic carbocycles. The van der Waals surface area contributed by atoms with E-state index in [2.05, 4.69) is 4.99 Å². The van der Waals surface area contributed by atoms with E-state index in [0.29, 0.717) is 21.3 Å². The van der Waals surface area contributed by atoms with Gasteiger partial charge in [0.2, 0.25) is 5.91 Å². The average molecular weight is 293 g/mol. The third-order valence-corrected chi connectivity index (χ3v) is 3.32. The highest BCUT2D eigenvalue weighted by Crippen LogP contribution is 2.24. The number of carbonyl (C=O) groups is 1. The molecule has 5 heteroatoms. The molecule has 2 rings (SSSR count). The topological polar surface area (TPSA) is 55.5 Å². The summed E-state index contributed by atoms with van der Waals surface area (Å²) >= 11 is 11.9. The van der Waals surface area contributed by atoms with Crippen molar-refractivity contribution in [1.29, 1.82) is 0 Å². The zero-order valence-corrected chi connectivity index (χ0v) is 11.3. The van der Waals surface area contributed by atoms with Crippen molar-refractivity contribution in [2.45, 2.75) is 0 Å². The van der Waals surface area contributed by atoms with Gasteiger partial charge in [-0.1, -0.05) is 35.3 Å². The van der Waals surface area contributed by atoms with Crippen molar-refractivity contribution in [3.05, 3.63) is 63.6 Å². The summed E-state index contributed by atoms with van der Waals surface area (Å²) in [5.74, 6) is -0.464. The molecule has 0 aromatic heterocycles. The third-order valence-electron chi connectivity index (χ3n) is 2.49. The standard InChI is InChI=1S/C14H10Cl2N2O/c15-12-3-1-2-10(13(12)16)8-18-11-6-4-9(5-7-11)14(17)19/h1-8H,(H2,17,19). The first-order valence-corrected chi connectivity index (χ1v) is 6.21. The fourth-order valence-electron chi connectivity index (χ4n) is 1.48. The molecule has 0 bridgehead atoms. The Morgan fingerprint density at radius 3 is 2.42 bits per heavy atom. The van der Waals surface area contributed by atoms with E-state index < -0.39 is 5.91 Å². The Bertz CT molecular complexity index is 636. The summed E-state index contributed by atoms with van der Waals surface area (Å²) in [4.78, 5) is 15.2. The van der Waals surface area contributed by atoms with Crippen LogP contribution in [0.3, 0.4) is 0 Å². The van der Waals surface area contributed by atoms with Crippen LogP contribution in [-0.2, 0) is 0 Å². The van der Waals surface area contributed by atoms with Crippen LogP contribution in [0.15, 0.2) is 47.5 Å². The summed E-state index contributed by atoms with van der Waals surface area (Å²) in [5.41, 5.74) is 7.03. The first kappa shape index (κ1) is 13.6. The van der Waals surface area contributed by atoms with Crippen molar-refractivity contribution in [2.75, 3.05) is 0 Å². The van der Waals surface area contributed by atoms with Crippen molar-refractivity contribution in [1.82, 2.24) is 0 Å². The molecule has 0 radical (unpaired) electrons. The van der Waals surface area contributed by atoms with Crippen molar-refractivity contribution in [3.8, 4) is 0 Å². The van der Waals surface area contributed by atoms with Crippen LogP contribution >= 0.6 is 23.2 Å². The maximum absolute atomic E-state index is 10.9. The van der Waals surface area contributed by atoms with E-state index in [1.165, 1.54) is 0 Å². The normalized spacial score (nSPS) is 10.8. The number of rotatable bonds is 3. The Morgan fingerprint density at radius 2 is 1.79 bits per heavy atom. The Morgan fingerprint density at radius 1 is 1.11 bits per heavy atom. The molecule has 0 unspecified atom stereocenters. The van der Waals surface area contributed by atoms with Crippen LogP contribution in [0.2, 0.25) is 10.0 Å². The molecule has 2 N–H and O–H groups in total. The van der Waals surface area contributed by atoms with Crippen LogP contribution in [0, 0.1) is 0 Å². The average Bonchev–Trinajstić information content (AvgIpc) is 2.41. The Balaban J connectivity index is 2.23. The largest absolute Gasteiger partial charge is 0.366 e. The van der Waals surface area contributed by atoms with Gasteiger partial charge in [-0.15, -0.1) is 0 Å². The molecular weight excluding hydrogens is 283 g/mol. The quantitative estimate of drug-likeness (QED) is 0.859.